The number of rotatable bonds is 3. The van der Waals surface area contributed by atoms with Crippen LogP contribution in [0.3, 0.4) is 0 Å². The Bertz CT molecular complexity index is 1080. The van der Waals surface area contributed by atoms with Crippen LogP contribution in [-0.2, 0) is 13.6 Å². The number of piperidine rings is 1. The molecule has 0 N–H and O–H groups in total. The summed E-state index contributed by atoms with van der Waals surface area (Å²) in [7, 11) is 1.60. The van der Waals surface area contributed by atoms with Crippen LogP contribution in [0, 0.1) is 0 Å². The predicted octanol–water partition coefficient (Wildman–Crippen LogP) is 1.06. The van der Waals surface area contributed by atoms with Crippen molar-refractivity contribution in [1.82, 2.24) is 29.3 Å². The summed E-state index contributed by atoms with van der Waals surface area (Å²) in [5, 5.41) is 4.34. The molecule has 3 aromatic rings. The van der Waals surface area contributed by atoms with Gasteiger partial charge in [-0.25, -0.2) is 19.6 Å². The zero-order valence-electron chi connectivity index (χ0n) is 15.1. The third kappa shape index (κ3) is 2.34. The smallest absolute Gasteiger partial charge is 0.287 e. The summed E-state index contributed by atoms with van der Waals surface area (Å²) >= 11 is 6.28. The minimum absolute atomic E-state index is 0.228. The van der Waals surface area contributed by atoms with Crippen LogP contribution in [0.2, 0.25) is 5.02 Å². The average molecular weight is 387 g/mol. The van der Waals surface area contributed by atoms with E-state index in [-0.39, 0.29) is 10.6 Å². The standard InChI is InChI=1S/C17H19ClN8O/c1-3-24-9-21-14-15(24)19-8-20-16(14)26-10-4-11(26)7-25(6-10)12-5-22-23(2)17(27)13(12)18/h5,8-11H,3-4,6-7H2,1-2H3. The lowest BCUT2D eigenvalue weighted by Gasteiger charge is -2.57. The summed E-state index contributed by atoms with van der Waals surface area (Å²) in [6.45, 7) is 4.43. The van der Waals surface area contributed by atoms with Crippen LogP contribution in [0.4, 0.5) is 11.5 Å². The van der Waals surface area contributed by atoms with Crippen LogP contribution < -0.4 is 15.4 Å². The van der Waals surface area contributed by atoms with E-state index in [1.54, 1.807) is 19.6 Å². The molecule has 2 unspecified atom stereocenters. The maximum absolute atomic E-state index is 12.1. The highest BCUT2D eigenvalue weighted by molar-refractivity contribution is 6.33. The summed E-state index contributed by atoms with van der Waals surface area (Å²) in [5.41, 5.74) is 2.14. The van der Waals surface area contributed by atoms with E-state index in [4.69, 9.17) is 11.6 Å². The molecule has 10 heteroatoms. The van der Waals surface area contributed by atoms with Crippen molar-refractivity contribution in [1.29, 1.82) is 0 Å². The van der Waals surface area contributed by atoms with Crippen LogP contribution in [0.25, 0.3) is 11.2 Å². The molecule has 9 nitrogen and oxygen atoms in total. The SMILES string of the molecule is CCn1cnc2c(N3C4CC3CN(c3cnn(C)c(=O)c3Cl)C4)ncnc21. The zero-order valence-corrected chi connectivity index (χ0v) is 15.8. The van der Waals surface area contributed by atoms with Crippen molar-refractivity contribution in [2.24, 2.45) is 7.05 Å². The van der Waals surface area contributed by atoms with Crippen molar-refractivity contribution in [3.63, 3.8) is 0 Å². The lowest BCUT2D eigenvalue weighted by molar-refractivity contribution is 0.289. The molecule has 0 saturated carbocycles. The number of aryl methyl sites for hydroxylation is 2. The van der Waals surface area contributed by atoms with E-state index in [1.807, 2.05) is 10.9 Å². The lowest BCUT2D eigenvalue weighted by Crippen LogP contribution is -2.69. The molecule has 3 fully saturated rings. The number of hydrogen-bond acceptors (Lipinski definition) is 7. The van der Waals surface area contributed by atoms with E-state index in [0.29, 0.717) is 17.8 Å². The molecule has 6 rings (SSSR count). The van der Waals surface area contributed by atoms with E-state index in [0.717, 1.165) is 43.0 Å². The highest BCUT2D eigenvalue weighted by Crippen LogP contribution is 2.40. The fraction of sp³-hybridized carbons (Fsp3) is 0.471. The minimum Gasteiger partial charge on any atom is -0.365 e. The third-order valence-corrected chi connectivity index (χ3v) is 5.92. The molecule has 27 heavy (non-hydrogen) atoms. The van der Waals surface area contributed by atoms with Gasteiger partial charge in [-0.15, -0.1) is 0 Å². The lowest BCUT2D eigenvalue weighted by atomic mass is 9.87. The summed E-state index contributed by atoms with van der Waals surface area (Å²) in [5.74, 6) is 0.890. The van der Waals surface area contributed by atoms with Crippen molar-refractivity contribution >= 4 is 34.3 Å². The molecule has 0 radical (unpaired) electrons. The highest BCUT2D eigenvalue weighted by Gasteiger charge is 2.46. The van der Waals surface area contributed by atoms with Gasteiger partial charge in [0.15, 0.2) is 17.0 Å². The second kappa shape index (κ2) is 5.91. The van der Waals surface area contributed by atoms with Gasteiger partial charge in [-0.05, 0) is 13.3 Å². The molecule has 6 heterocycles. The van der Waals surface area contributed by atoms with Crippen LogP contribution in [0.15, 0.2) is 23.6 Å². The second-order valence-electron chi connectivity index (χ2n) is 7.03. The number of hydrogen-bond donors (Lipinski definition) is 0. The van der Waals surface area contributed by atoms with E-state index >= 15 is 0 Å². The van der Waals surface area contributed by atoms with E-state index in [9.17, 15) is 4.79 Å². The molecule has 140 valence electrons. The van der Waals surface area contributed by atoms with Crippen molar-refractivity contribution in [3.05, 3.63) is 34.2 Å². The van der Waals surface area contributed by atoms with Gasteiger partial charge in [0.05, 0.1) is 30.3 Å². The summed E-state index contributed by atoms with van der Waals surface area (Å²) in [6, 6.07) is 0.600. The molecule has 3 saturated heterocycles. The molecular weight excluding hydrogens is 368 g/mol. The Morgan fingerprint density at radius 3 is 2.74 bits per heavy atom. The molecule has 3 aromatic heterocycles. The Labute approximate surface area is 160 Å². The molecule has 0 spiro atoms. The predicted molar refractivity (Wildman–Crippen MR) is 102 cm³/mol. The van der Waals surface area contributed by atoms with Gasteiger partial charge in [-0.2, -0.15) is 5.10 Å². The molecule has 2 atom stereocenters. The second-order valence-corrected chi connectivity index (χ2v) is 7.41. The van der Waals surface area contributed by atoms with Crippen molar-refractivity contribution in [2.75, 3.05) is 22.9 Å². The molecule has 2 bridgehead atoms. The number of aromatic nitrogens is 6. The molecule has 0 aliphatic carbocycles. The fourth-order valence-electron chi connectivity index (χ4n) is 4.16. The van der Waals surface area contributed by atoms with Crippen LogP contribution in [0.1, 0.15) is 13.3 Å². The van der Waals surface area contributed by atoms with Gasteiger partial charge < -0.3 is 14.4 Å². The third-order valence-electron chi connectivity index (χ3n) is 5.56. The first kappa shape index (κ1) is 16.5. The van der Waals surface area contributed by atoms with Crippen molar-refractivity contribution in [2.45, 2.75) is 32.0 Å². The summed E-state index contributed by atoms with van der Waals surface area (Å²) in [4.78, 5) is 30.0. The Kier molecular flexibility index (Phi) is 3.61. The largest absolute Gasteiger partial charge is 0.365 e. The summed E-state index contributed by atoms with van der Waals surface area (Å²) < 4.78 is 3.28. The molecular formula is C17H19ClN8O. The minimum atomic E-state index is -0.270. The molecule has 3 aliphatic heterocycles. The fourth-order valence-corrected chi connectivity index (χ4v) is 4.45. The first-order chi connectivity index (χ1) is 13.1. The quantitative estimate of drug-likeness (QED) is 0.665. The maximum Gasteiger partial charge on any atom is 0.287 e. The Morgan fingerprint density at radius 2 is 2.00 bits per heavy atom. The normalized spacial score (nSPS) is 21.6. The molecule has 3 aliphatic rings. The first-order valence-electron chi connectivity index (χ1n) is 8.99. The number of halogens is 1. The van der Waals surface area contributed by atoms with Gasteiger partial charge in [0.25, 0.3) is 5.56 Å². The van der Waals surface area contributed by atoms with E-state index in [2.05, 4.69) is 36.8 Å². The molecule has 0 aromatic carbocycles. The van der Waals surface area contributed by atoms with Crippen LogP contribution in [0.5, 0.6) is 0 Å². The summed E-state index contributed by atoms with van der Waals surface area (Å²) in [6.07, 6.45) is 6.19. The topological polar surface area (TPSA) is 85.0 Å². The highest BCUT2D eigenvalue weighted by atomic mass is 35.5. The van der Waals surface area contributed by atoms with Crippen LogP contribution >= 0.6 is 11.6 Å². The van der Waals surface area contributed by atoms with Gasteiger partial charge in [-0.3, -0.25) is 4.79 Å². The van der Waals surface area contributed by atoms with Crippen molar-refractivity contribution in [3.8, 4) is 0 Å². The van der Waals surface area contributed by atoms with Crippen LogP contribution in [-0.4, -0.2) is 54.5 Å². The monoisotopic (exact) mass is 386 g/mol. The number of piperazine rings is 1. The van der Waals surface area contributed by atoms with Gasteiger partial charge in [0, 0.05) is 26.7 Å². The van der Waals surface area contributed by atoms with Gasteiger partial charge in [0.1, 0.15) is 11.3 Å². The number of fused-ring (bicyclic) bond motifs is 3. The maximum atomic E-state index is 12.1. The van der Waals surface area contributed by atoms with Crippen molar-refractivity contribution < 1.29 is 0 Å². The number of imidazole rings is 1. The van der Waals surface area contributed by atoms with E-state index in [1.165, 1.54) is 4.68 Å². The number of nitrogens with zero attached hydrogens (tertiary/aromatic N) is 8. The van der Waals surface area contributed by atoms with Gasteiger partial charge in [-0.1, -0.05) is 11.6 Å². The van der Waals surface area contributed by atoms with E-state index < -0.39 is 0 Å². The first-order valence-corrected chi connectivity index (χ1v) is 9.37. The Balaban J connectivity index is 1.46. The molecule has 0 amide bonds. The van der Waals surface area contributed by atoms with Gasteiger partial charge in [0.2, 0.25) is 0 Å². The number of anilines is 2. The van der Waals surface area contributed by atoms with Gasteiger partial charge >= 0.3 is 0 Å². The Hall–Kier alpha value is -2.68. The zero-order chi connectivity index (χ0) is 18.7. The Morgan fingerprint density at radius 1 is 1.22 bits per heavy atom. The average Bonchev–Trinajstić information content (AvgIpc) is 3.10.